The number of anilines is 1. The van der Waals surface area contributed by atoms with Gasteiger partial charge >= 0.3 is 0 Å². The predicted molar refractivity (Wildman–Crippen MR) is 71.1 cm³/mol. The SMILES string of the molecule is CC/C(=N\N)C(=O)c1ccc(F)c(NS(C)(=O)=O)c1F. The van der Waals surface area contributed by atoms with E-state index in [-0.39, 0.29) is 12.1 Å². The van der Waals surface area contributed by atoms with E-state index >= 15 is 0 Å². The van der Waals surface area contributed by atoms with E-state index in [1.165, 1.54) is 0 Å². The smallest absolute Gasteiger partial charge is 0.230 e. The van der Waals surface area contributed by atoms with Crippen molar-refractivity contribution in [2.24, 2.45) is 10.9 Å². The average molecular weight is 305 g/mol. The Balaban J connectivity index is 3.39. The van der Waals surface area contributed by atoms with E-state index in [0.717, 1.165) is 18.4 Å². The van der Waals surface area contributed by atoms with Crippen molar-refractivity contribution in [3.63, 3.8) is 0 Å². The number of hydrazone groups is 1. The largest absolute Gasteiger partial charge is 0.323 e. The molecule has 0 heterocycles. The van der Waals surface area contributed by atoms with Crippen molar-refractivity contribution in [3.8, 4) is 0 Å². The summed E-state index contributed by atoms with van der Waals surface area (Å²) in [6.07, 6.45) is 0.889. The lowest BCUT2D eigenvalue weighted by Crippen LogP contribution is -2.19. The number of hydrogen-bond acceptors (Lipinski definition) is 5. The van der Waals surface area contributed by atoms with E-state index in [2.05, 4.69) is 5.10 Å². The van der Waals surface area contributed by atoms with Crippen LogP contribution < -0.4 is 10.6 Å². The zero-order valence-corrected chi connectivity index (χ0v) is 11.6. The third-order valence-corrected chi connectivity index (χ3v) is 2.95. The van der Waals surface area contributed by atoms with Crippen LogP contribution in [-0.2, 0) is 10.0 Å². The number of sulfonamides is 1. The van der Waals surface area contributed by atoms with Crippen molar-refractivity contribution in [1.82, 2.24) is 0 Å². The second kappa shape index (κ2) is 5.95. The third kappa shape index (κ3) is 3.50. The average Bonchev–Trinajstić information content (AvgIpc) is 2.34. The molecule has 1 aromatic rings. The first kappa shape index (κ1) is 16.0. The summed E-state index contributed by atoms with van der Waals surface area (Å²) in [5.74, 6) is 1.73. The summed E-state index contributed by atoms with van der Waals surface area (Å²) in [5, 5.41) is 3.22. The number of Topliss-reactive ketones (excluding diaryl/α,β-unsaturated/α-hetero) is 1. The van der Waals surface area contributed by atoms with Crippen LogP contribution in [0, 0.1) is 11.6 Å². The van der Waals surface area contributed by atoms with Gasteiger partial charge in [-0.05, 0) is 18.6 Å². The minimum absolute atomic E-state index is 0.110. The lowest BCUT2D eigenvalue weighted by Gasteiger charge is -2.10. The minimum atomic E-state index is -3.89. The second-order valence-corrected chi connectivity index (χ2v) is 5.67. The number of rotatable bonds is 5. The fourth-order valence-electron chi connectivity index (χ4n) is 1.47. The molecule has 0 radical (unpaired) electrons. The number of carbonyl (C=O) groups is 1. The van der Waals surface area contributed by atoms with Gasteiger partial charge in [0.2, 0.25) is 15.8 Å². The summed E-state index contributed by atoms with van der Waals surface area (Å²) < 4.78 is 51.3. The number of hydrogen-bond donors (Lipinski definition) is 2. The molecule has 0 aliphatic heterocycles. The first-order valence-corrected chi connectivity index (χ1v) is 7.37. The van der Waals surface area contributed by atoms with E-state index < -0.39 is 38.7 Å². The Morgan fingerprint density at radius 1 is 1.40 bits per heavy atom. The molecule has 110 valence electrons. The molecule has 0 aliphatic carbocycles. The Labute approximate surface area is 114 Å². The molecular weight excluding hydrogens is 292 g/mol. The zero-order chi connectivity index (χ0) is 15.5. The van der Waals surface area contributed by atoms with Gasteiger partial charge in [-0.3, -0.25) is 9.52 Å². The number of nitrogens with one attached hydrogen (secondary N) is 1. The van der Waals surface area contributed by atoms with Crippen molar-refractivity contribution >= 4 is 27.2 Å². The number of halogens is 2. The van der Waals surface area contributed by atoms with Crippen LogP contribution in [0.15, 0.2) is 17.2 Å². The summed E-state index contributed by atoms with van der Waals surface area (Å²) in [5.41, 5.74) is -1.53. The van der Waals surface area contributed by atoms with Gasteiger partial charge in [-0.1, -0.05) is 6.92 Å². The third-order valence-electron chi connectivity index (χ3n) is 2.38. The molecule has 9 heteroatoms. The van der Waals surface area contributed by atoms with Crippen molar-refractivity contribution in [1.29, 1.82) is 0 Å². The molecular formula is C11H13F2N3O3S. The fraction of sp³-hybridized carbons (Fsp3) is 0.273. The van der Waals surface area contributed by atoms with Gasteiger partial charge in [0, 0.05) is 0 Å². The highest BCUT2D eigenvalue weighted by Crippen LogP contribution is 2.24. The highest BCUT2D eigenvalue weighted by Gasteiger charge is 2.23. The highest BCUT2D eigenvalue weighted by molar-refractivity contribution is 7.92. The van der Waals surface area contributed by atoms with E-state index in [0.29, 0.717) is 0 Å². The van der Waals surface area contributed by atoms with E-state index in [9.17, 15) is 22.0 Å². The molecule has 0 saturated heterocycles. The maximum absolute atomic E-state index is 14.1. The number of nitrogens with two attached hydrogens (primary N) is 1. The quantitative estimate of drug-likeness (QED) is 0.370. The van der Waals surface area contributed by atoms with Crippen molar-refractivity contribution < 1.29 is 22.0 Å². The molecule has 6 nitrogen and oxygen atoms in total. The maximum atomic E-state index is 14.1. The Morgan fingerprint density at radius 2 is 2.00 bits per heavy atom. The summed E-state index contributed by atoms with van der Waals surface area (Å²) in [7, 11) is -3.89. The topological polar surface area (TPSA) is 102 Å². The number of carbonyl (C=O) groups excluding carboxylic acids is 1. The summed E-state index contributed by atoms with van der Waals surface area (Å²) in [6, 6.07) is 1.69. The molecule has 1 rings (SSSR count). The minimum Gasteiger partial charge on any atom is -0.323 e. The molecule has 0 bridgehead atoms. The molecule has 0 aromatic heterocycles. The molecule has 0 atom stereocenters. The van der Waals surface area contributed by atoms with Crippen LogP contribution in [0.25, 0.3) is 0 Å². The van der Waals surface area contributed by atoms with Crippen LogP contribution >= 0.6 is 0 Å². The van der Waals surface area contributed by atoms with Crippen molar-refractivity contribution in [2.45, 2.75) is 13.3 Å². The molecule has 0 spiro atoms. The Morgan fingerprint density at radius 3 is 2.45 bits per heavy atom. The van der Waals surface area contributed by atoms with Gasteiger partial charge in [0.1, 0.15) is 17.2 Å². The van der Waals surface area contributed by atoms with E-state index in [4.69, 9.17) is 5.84 Å². The number of benzene rings is 1. The molecule has 0 unspecified atom stereocenters. The Hall–Kier alpha value is -2.03. The van der Waals surface area contributed by atoms with Crippen molar-refractivity contribution in [2.75, 3.05) is 11.0 Å². The maximum Gasteiger partial charge on any atom is 0.230 e. The summed E-state index contributed by atoms with van der Waals surface area (Å²) in [6.45, 7) is 1.58. The van der Waals surface area contributed by atoms with Crippen LogP contribution in [0.3, 0.4) is 0 Å². The summed E-state index contributed by atoms with van der Waals surface area (Å²) >= 11 is 0. The van der Waals surface area contributed by atoms with Gasteiger partial charge in [0.25, 0.3) is 0 Å². The molecule has 3 N–H and O–H groups in total. The Bertz CT molecular complexity index is 672. The van der Waals surface area contributed by atoms with Crippen LogP contribution in [-0.4, -0.2) is 26.2 Å². The normalized spacial score (nSPS) is 12.3. The standard InChI is InChI=1S/C11H13F2N3O3S/c1-3-8(15-14)11(17)6-4-5-7(12)10(9(6)13)16-20(2,18)19/h4-5,16H,3,14H2,1-2H3/b15-8+. The summed E-state index contributed by atoms with van der Waals surface area (Å²) in [4.78, 5) is 11.9. The first-order chi connectivity index (χ1) is 9.21. The molecule has 0 amide bonds. The zero-order valence-electron chi connectivity index (χ0n) is 10.8. The van der Waals surface area contributed by atoms with Crippen LogP contribution in [0.4, 0.5) is 14.5 Å². The van der Waals surface area contributed by atoms with Gasteiger partial charge in [-0.15, -0.1) is 0 Å². The monoisotopic (exact) mass is 305 g/mol. The van der Waals surface area contributed by atoms with Crippen molar-refractivity contribution in [3.05, 3.63) is 29.3 Å². The number of ketones is 1. The van der Waals surface area contributed by atoms with Gasteiger partial charge in [0.05, 0.1) is 11.8 Å². The molecule has 20 heavy (non-hydrogen) atoms. The fourth-order valence-corrected chi connectivity index (χ4v) is 2.03. The van der Waals surface area contributed by atoms with Gasteiger partial charge in [-0.25, -0.2) is 17.2 Å². The lowest BCUT2D eigenvalue weighted by molar-refractivity contribution is 0.106. The first-order valence-electron chi connectivity index (χ1n) is 5.48. The molecule has 1 aromatic carbocycles. The Kier molecular flexibility index (Phi) is 4.77. The predicted octanol–water partition coefficient (Wildman–Crippen LogP) is 1.24. The number of nitrogens with zero attached hydrogens (tertiary/aromatic N) is 1. The van der Waals surface area contributed by atoms with E-state index in [1.54, 1.807) is 11.6 Å². The van der Waals surface area contributed by atoms with Crippen LogP contribution in [0.5, 0.6) is 0 Å². The lowest BCUT2D eigenvalue weighted by atomic mass is 10.0. The van der Waals surface area contributed by atoms with Gasteiger partial charge in [-0.2, -0.15) is 5.10 Å². The van der Waals surface area contributed by atoms with Crippen LogP contribution in [0.1, 0.15) is 23.7 Å². The van der Waals surface area contributed by atoms with E-state index in [1.807, 2.05) is 0 Å². The van der Waals surface area contributed by atoms with Gasteiger partial charge in [0.15, 0.2) is 5.82 Å². The van der Waals surface area contributed by atoms with Crippen LogP contribution in [0.2, 0.25) is 0 Å². The molecule has 0 fully saturated rings. The van der Waals surface area contributed by atoms with Gasteiger partial charge < -0.3 is 5.84 Å². The highest BCUT2D eigenvalue weighted by atomic mass is 32.2. The molecule has 0 aliphatic rings. The second-order valence-electron chi connectivity index (χ2n) is 3.92. The molecule has 0 saturated carbocycles.